The molecule has 1 aromatic heterocycles. The molecule has 0 saturated carbocycles. The molecular weight excluding hydrogens is 548 g/mol. The average molecular weight is 578 g/mol. The number of pyridine rings is 1. The summed E-state index contributed by atoms with van der Waals surface area (Å²) in [5.74, 6) is -1.74. The number of piperazine rings is 1. The summed E-state index contributed by atoms with van der Waals surface area (Å²) in [4.78, 5) is 34.1. The van der Waals surface area contributed by atoms with E-state index in [1.54, 1.807) is 11.8 Å². The number of hydrogen-bond acceptors (Lipinski definition) is 8. The summed E-state index contributed by atoms with van der Waals surface area (Å²) in [6.45, 7) is 3.92. The van der Waals surface area contributed by atoms with Crippen LogP contribution in [-0.4, -0.2) is 96.9 Å². The largest absolute Gasteiger partial charge is 0.487 e. The van der Waals surface area contributed by atoms with E-state index in [9.17, 15) is 35.9 Å². The second-order valence-electron chi connectivity index (χ2n) is 10.1. The summed E-state index contributed by atoms with van der Waals surface area (Å²) in [5.41, 5.74) is 1.63. The molecule has 2 fully saturated rings. The number of alkyl halides is 6. The molecule has 0 aliphatic carbocycles. The van der Waals surface area contributed by atoms with Crippen molar-refractivity contribution in [1.29, 1.82) is 5.41 Å². The fraction of sp³-hybridized carbons (Fsp3) is 0.583. The van der Waals surface area contributed by atoms with Crippen molar-refractivity contribution < 1.29 is 40.7 Å². The van der Waals surface area contributed by atoms with Gasteiger partial charge in [0.15, 0.2) is 11.6 Å². The molecule has 2 amide bonds. The Hall–Kier alpha value is -3.56. The van der Waals surface area contributed by atoms with Crippen molar-refractivity contribution in [2.24, 2.45) is 11.7 Å². The molecule has 0 spiro atoms. The molecule has 0 bridgehead atoms. The van der Waals surface area contributed by atoms with Crippen LogP contribution in [0, 0.1) is 11.3 Å². The predicted molar refractivity (Wildman–Crippen MR) is 131 cm³/mol. The van der Waals surface area contributed by atoms with Gasteiger partial charge in [-0.1, -0.05) is 0 Å². The normalized spacial score (nSPS) is 23.0. The fourth-order valence-electron chi connectivity index (χ4n) is 5.34. The Morgan fingerprint density at radius 3 is 2.58 bits per heavy atom. The minimum Gasteiger partial charge on any atom is -0.487 e. The maximum atomic E-state index is 13.3. The Morgan fingerprint density at radius 2 is 1.95 bits per heavy atom. The summed E-state index contributed by atoms with van der Waals surface area (Å²) in [5, 5.41) is 9.83. The third-order valence-electron chi connectivity index (χ3n) is 7.16. The number of aromatic nitrogens is 1. The topological polar surface area (TPSA) is 128 Å². The highest BCUT2D eigenvalue weighted by molar-refractivity contribution is 5.99. The number of allylic oxidation sites excluding steroid dienone is 1. The molecule has 16 heteroatoms. The van der Waals surface area contributed by atoms with Crippen LogP contribution in [0.2, 0.25) is 0 Å². The van der Waals surface area contributed by atoms with E-state index in [2.05, 4.69) is 10.3 Å². The number of likely N-dealkylation sites (tertiary alicyclic amines) is 1. The standard InChI is InChI=1S/C24H29F6N7O3/c1-13(34-17(7-31)19(20(32)38)24(28,29)30)9-35-3-2-14(10-35)22(39)36-4-5-37-16(11-36)12-40-18-6-15(23(25,26)27)8-33-21(18)37/h6-8,13-14,16,31,34H,2-5,9-12H2,1H3,(H2,32,38)/b19-17-,31-7?/t13-,14?,16-/m0/s1. The lowest BCUT2D eigenvalue weighted by atomic mass is 10.0. The number of primary amides is 1. The Kier molecular flexibility index (Phi) is 8.19. The van der Waals surface area contributed by atoms with Gasteiger partial charge in [-0.05, 0) is 26.0 Å². The van der Waals surface area contributed by atoms with Crippen molar-refractivity contribution in [2.45, 2.75) is 37.8 Å². The zero-order valence-corrected chi connectivity index (χ0v) is 21.5. The maximum absolute atomic E-state index is 13.3. The molecule has 2 saturated heterocycles. The second-order valence-corrected chi connectivity index (χ2v) is 10.1. The third kappa shape index (κ3) is 6.26. The Bertz CT molecular complexity index is 1190. The quantitative estimate of drug-likeness (QED) is 0.256. The van der Waals surface area contributed by atoms with Gasteiger partial charge in [-0.25, -0.2) is 4.98 Å². The number of carbonyl (C=O) groups excluding carboxylic acids is 2. The molecule has 4 rings (SSSR count). The predicted octanol–water partition coefficient (Wildman–Crippen LogP) is 1.76. The van der Waals surface area contributed by atoms with Crippen LogP contribution in [0.5, 0.6) is 5.75 Å². The van der Waals surface area contributed by atoms with Crippen molar-refractivity contribution in [3.05, 3.63) is 29.1 Å². The van der Waals surface area contributed by atoms with Gasteiger partial charge in [0.1, 0.15) is 12.2 Å². The lowest BCUT2D eigenvalue weighted by Gasteiger charge is -2.45. The van der Waals surface area contributed by atoms with Crippen LogP contribution in [0.3, 0.4) is 0 Å². The van der Waals surface area contributed by atoms with Crippen LogP contribution in [-0.2, 0) is 15.8 Å². The highest BCUT2D eigenvalue weighted by Gasteiger charge is 2.42. The van der Waals surface area contributed by atoms with Crippen LogP contribution < -0.4 is 20.7 Å². The number of hydrogen-bond donors (Lipinski definition) is 3. The monoisotopic (exact) mass is 577 g/mol. The number of nitrogens with one attached hydrogen (secondary N) is 2. The lowest BCUT2D eigenvalue weighted by molar-refractivity contribution is -0.138. The highest BCUT2D eigenvalue weighted by atomic mass is 19.4. The van der Waals surface area contributed by atoms with Gasteiger partial charge in [-0.15, -0.1) is 0 Å². The van der Waals surface area contributed by atoms with Gasteiger partial charge in [-0.3, -0.25) is 9.59 Å². The van der Waals surface area contributed by atoms with E-state index in [1.165, 1.54) is 0 Å². The first-order valence-electron chi connectivity index (χ1n) is 12.5. The SMILES string of the molecule is C[C@@H](CN1CCC(C(=O)N2CCN3c4ncc(C(F)(F)F)cc4OC[C@@H]3C2)C1)N/C(C=N)=C(/C(N)=O)C(F)(F)F. The number of carbonyl (C=O) groups is 2. The van der Waals surface area contributed by atoms with E-state index in [4.69, 9.17) is 15.9 Å². The van der Waals surface area contributed by atoms with Crippen LogP contribution in [0.25, 0.3) is 0 Å². The molecule has 1 unspecified atom stereocenters. The number of nitrogens with zero attached hydrogens (tertiary/aromatic N) is 4. The van der Waals surface area contributed by atoms with Gasteiger partial charge in [-0.2, -0.15) is 26.3 Å². The fourth-order valence-corrected chi connectivity index (χ4v) is 5.34. The van der Waals surface area contributed by atoms with Crippen molar-refractivity contribution in [2.75, 3.05) is 50.8 Å². The second kappa shape index (κ2) is 11.1. The summed E-state index contributed by atoms with van der Waals surface area (Å²) >= 11 is 0. The molecule has 3 aliphatic rings. The van der Waals surface area contributed by atoms with Crippen LogP contribution in [0.1, 0.15) is 18.9 Å². The first-order valence-corrected chi connectivity index (χ1v) is 12.5. The van der Waals surface area contributed by atoms with Gasteiger partial charge in [0.25, 0.3) is 5.91 Å². The molecule has 0 radical (unpaired) electrons. The van der Waals surface area contributed by atoms with Gasteiger partial charge < -0.3 is 35.9 Å². The van der Waals surface area contributed by atoms with Crippen LogP contribution in [0.15, 0.2) is 23.5 Å². The van der Waals surface area contributed by atoms with Crippen molar-refractivity contribution in [3.8, 4) is 5.75 Å². The Balaban J connectivity index is 1.33. The number of halogens is 6. The summed E-state index contributed by atoms with van der Waals surface area (Å²) in [6, 6.07) is 0.0728. The van der Waals surface area contributed by atoms with Gasteiger partial charge >= 0.3 is 12.4 Å². The van der Waals surface area contributed by atoms with E-state index in [-0.39, 0.29) is 36.8 Å². The number of ether oxygens (including phenoxy) is 1. The first-order chi connectivity index (χ1) is 18.7. The number of anilines is 1. The van der Waals surface area contributed by atoms with Crippen molar-refractivity contribution >= 4 is 23.8 Å². The maximum Gasteiger partial charge on any atom is 0.423 e. The van der Waals surface area contributed by atoms with E-state index < -0.39 is 41.1 Å². The van der Waals surface area contributed by atoms with Crippen molar-refractivity contribution in [1.82, 2.24) is 20.1 Å². The number of nitrogens with two attached hydrogens (primary N) is 1. The number of fused-ring (bicyclic) bond motifs is 3. The lowest BCUT2D eigenvalue weighted by Crippen LogP contribution is -2.59. The third-order valence-corrected chi connectivity index (χ3v) is 7.16. The summed E-state index contributed by atoms with van der Waals surface area (Å²) in [7, 11) is 0. The highest BCUT2D eigenvalue weighted by Crippen LogP contribution is 2.38. The number of amides is 2. The average Bonchev–Trinajstić information content (AvgIpc) is 3.33. The number of rotatable bonds is 7. The molecular formula is C24H29F6N7O3. The molecule has 220 valence electrons. The summed E-state index contributed by atoms with van der Waals surface area (Å²) in [6.07, 6.45) is -7.85. The molecule has 1 aromatic rings. The van der Waals surface area contributed by atoms with E-state index in [0.717, 1.165) is 12.3 Å². The van der Waals surface area contributed by atoms with Crippen LogP contribution >= 0.6 is 0 Å². The molecule has 4 N–H and O–H groups in total. The van der Waals surface area contributed by atoms with Crippen LogP contribution in [0.4, 0.5) is 32.2 Å². The van der Waals surface area contributed by atoms with E-state index >= 15 is 0 Å². The molecule has 4 heterocycles. The molecule has 3 atom stereocenters. The molecule has 0 aromatic carbocycles. The smallest absolute Gasteiger partial charge is 0.423 e. The van der Waals surface area contributed by atoms with E-state index in [1.807, 2.05) is 9.80 Å². The van der Waals surface area contributed by atoms with Gasteiger partial charge in [0, 0.05) is 51.2 Å². The van der Waals surface area contributed by atoms with Gasteiger partial charge in [0.05, 0.1) is 23.2 Å². The molecule has 3 aliphatic heterocycles. The van der Waals surface area contributed by atoms with E-state index in [0.29, 0.717) is 51.2 Å². The Morgan fingerprint density at radius 1 is 1.23 bits per heavy atom. The first kappa shape index (κ1) is 29.4. The van der Waals surface area contributed by atoms with Crippen molar-refractivity contribution in [3.63, 3.8) is 0 Å². The summed E-state index contributed by atoms with van der Waals surface area (Å²) < 4.78 is 84.2. The Labute approximate surface area is 225 Å². The minimum absolute atomic E-state index is 0.0548. The van der Waals surface area contributed by atoms with Gasteiger partial charge in [0.2, 0.25) is 5.91 Å². The molecule has 10 nitrogen and oxygen atoms in total. The zero-order chi connectivity index (χ0) is 29.4. The molecule has 40 heavy (non-hydrogen) atoms. The minimum atomic E-state index is -5.02. The zero-order valence-electron chi connectivity index (χ0n) is 21.5.